The van der Waals surface area contributed by atoms with Gasteiger partial charge in [0.2, 0.25) is 0 Å². The van der Waals surface area contributed by atoms with E-state index in [0.717, 1.165) is 6.54 Å². The maximum Gasteiger partial charge on any atom is 0.257 e. The molecular formula is C33H57N2+. The van der Waals surface area contributed by atoms with Gasteiger partial charge in [0.25, 0.3) is 5.82 Å². The van der Waals surface area contributed by atoms with Crippen molar-refractivity contribution >= 4 is 0 Å². The number of H-pyrrole nitrogens is 1. The highest BCUT2D eigenvalue weighted by molar-refractivity contribution is 5.13. The Hall–Kier alpha value is -1.57. The number of nitrogens with zero attached hydrogens (tertiary/aromatic N) is 1. The summed E-state index contributed by atoms with van der Waals surface area (Å²) in [7, 11) is 0. The summed E-state index contributed by atoms with van der Waals surface area (Å²) in [5, 5.41) is 0. The monoisotopic (exact) mass is 481 g/mol. The first kappa shape index (κ1) is 29.7. The van der Waals surface area contributed by atoms with Gasteiger partial charge in [-0.25, -0.2) is 9.55 Å². The minimum Gasteiger partial charge on any atom is -0.247 e. The second-order valence-electron chi connectivity index (χ2n) is 10.9. The predicted octanol–water partition coefficient (Wildman–Crippen LogP) is 10.3. The standard InChI is InChI=1S/C33H56N2/c1-3-5-7-8-9-10-11-12-13-14-15-16-17-18-19-23-27-32(26-6-4-2)33-34-28-29-35(33)30-31-24-21-20-22-25-31/h20-22,24-25,28-29,32H,3-19,23,26-27,30H2,1-2H3/p+1/t32-/m0/s1. The maximum atomic E-state index is 3.60. The molecule has 2 aromatic rings. The van der Waals surface area contributed by atoms with E-state index in [9.17, 15) is 0 Å². The molecule has 1 heterocycles. The summed E-state index contributed by atoms with van der Waals surface area (Å²) < 4.78 is 2.45. The van der Waals surface area contributed by atoms with E-state index in [1.165, 1.54) is 140 Å². The minimum atomic E-state index is 0.667. The highest BCUT2D eigenvalue weighted by Gasteiger charge is 2.22. The van der Waals surface area contributed by atoms with Gasteiger partial charge in [0.1, 0.15) is 18.9 Å². The van der Waals surface area contributed by atoms with E-state index < -0.39 is 0 Å². The minimum absolute atomic E-state index is 0.667. The van der Waals surface area contributed by atoms with Crippen molar-refractivity contribution < 1.29 is 4.57 Å². The molecule has 1 atom stereocenters. The molecule has 35 heavy (non-hydrogen) atoms. The van der Waals surface area contributed by atoms with E-state index in [2.05, 4.69) is 66.1 Å². The van der Waals surface area contributed by atoms with Crippen LogP contribution in [-0.2, 0) is 6.54 Å². The van der Waals surface area contributed by atoms with Crippen molar-refractivity contribution in [1.82, 2.24) is 4.98 Å². The molecule has 2 heteroatoms. The number of benzene rings is 1. The zero-order valence-corrected chi connectivity index (χ0v) is 23.4. The second-order valence-corrected chi connectivity index (χ2v) is 10.9. The molecule has 2 nitrogen and oxygen atoms in total. The van der Waals surface area contributed by atoms with Gasteiger partial charge in [0.15, 0.2) is 0 Å². The number of hydrogen-bond donors (Lipinski definition) is 1. The number of nitrogens with one attached hydrogen (secondary N) is 1. The predicted molar refractivity (Wildman–Crippen MR) is 153 cm³/mol. The molecule has 0 spiro atoms. The molecule has 0 fully saturated rings. The van der Waals surface area contributed by atoms with Crippen LogP contribution in [0.1, 0.15) is 160 Å². The lowest BCUT2D eigenvalue weighted by atomic mass is 9.94. The van der Waals surface area contributed by atoms with Crippen molar-refractivity contribution in [3.63, 3.8) is 0 Å². The molecule has 0 aliphatic carbocycles. The molecule has 0 unspecified atom stereocenters. The molecule has 198 valence electrons. The van der Waals surface area contributed by atoms with Crippen LogP contribution in [0.25, 0.3) is 0 Å². The fraction of sp³-hybridized carbons (Fsp3) is 0.727. The quantitative estimate of drug-likeness (QED) is 0.120. The van der Waals surface area contributed by atoms with Gasteiger partial charge in [0, 0.05) is 0 Å². The number of imidazole rings is 1. The van der Waals surface area contributed by atoms with Gasteiger partial charge in [-0.3, -0.25) is 0 Å². The number of aromatic amines is 1. The lowest BCUT2D eigenvalue weighted by molar-refractivity contribution is -0.695. The van der Waals surface area contributed by atoms with E-state index in [4.69, 9.17) is 0 Å². The summed E-state index contributed by atoms with van der Waals surface area (Å²) in [6.07, 6.45) is 32.7. The van der Waals surface area contributed by atoms with Gasteiger partial charge in [0.05, 0.1) is 5.92 Å². The third-order valence-corrected chi connectivity index (χ3v) is 7.69. The first-order chi connectivity index (χ1) is 17.3. The zero-order valence-electron chi connectivity index (χ0n) is 23.4. The van der Waals surface area contributed by atoms with E-state index >= 15 is 0 Å². The highest BCUT2D eigenvalue weighted by atomic mass is 15.1. The van der Waals surface area contributed by atoms with Crippen LogP contribution in [-0.4, -0.2) is 4.98 Å². The smallest absolute Gasteiger partial charge is 0.247 e. The summed E-state index contributed by atoms with van der Waals surface area (Å²) in [6.45, 7) is 5.59. The van der Waals surface area contributed by atoms with Crippen LogP contribution in [0.15, 0.2) is 42.7 Å². The van der Waals surface area contributed by atoms with Gasteiger partial charge < -0.3 is 0 Å². The average Bonchev–Trinajstić information content (AvgIpc) is 3.34. The number of aromatic nitrogens is 2. The molecule has 1 aromatic heterocycles. The third kappa shape index (κ3) is 13.9. The van der Waals surface area contributed by atoms with Gasteiger partial charge in [-0.1, -0.05) is 160 Å². The highest BCUT2D eigenvalue weighted by Crippen LogP contribution is 2.25. The van der Waals surface area contributed by atoms with E-state index in [0.29, 0.717) is 5.92 Å². The topological polar surface area (TPSA) is 19.7 Å². The number of hydrogen-bond acceptors (Lipinski definition) is 0. The normalized spacial score (nSPS) is 12.3. The molecule has 0 saturated carbocycles. The van der Waals surface area contributed by atoms with Gasteiger partial charge in [-0.05, 0) is 18.4 Å². The Labute approximate surface area is 218 Å². The van der Waals surface area contributed by atoms with Gasteiger partial charge in [-0.15, -0.1) is 0 Å². The Morgan fingerprint density at radius 3 is 1.63 bits per heavy atom. The fourth-order valence-corrected chi connectivity index (χ4v) is 5.45. The Balaban J connectivity index is 1.53. The average molecular weight is 482 g/mol. The van der Waals surface area contributed by atoms with E-state index in [1.54, 1.807) is 0 Å². The van der Waals surface area contributed by atoms with Crippen molar-refractivity contribution in [2.45, 2.75) is 155 Å². The SMILES string of the molecule is CCCCCCCCCCCCCCCCCC[C@H](CCCC)c1[nH]cc[n+]1Cc1ccccc1. The largest absolute Gasteiger partial charge is 0.257 e. The van der Waals surface area contributed by atoms with Crippen LogP contribution in [0.5, 0.6) is 0 Å². The summed E-state index contributed by atoms with van der Waals surface area (Å²) in [4.78, 5) is 3.60. The number of rotatable bonds is 23. The zero-order chi connectivity index (χ0) is 24.8. The van der Waals surface area contributed by atoms with Crippen LogP contribution >= 0.6 is 0 Å². The summed E-state index contributed by atoms with van der Waals surface area (Å²) in [5.41, 5.74) is 1.38. The Kier molecular flexibility index (Phi) is 17.5. The summed E-state index contributed by atoms with van der Waals surface area (Å²) in [5.74, 6) is 2.10. The molecule has 0 radical (unpaired) electrons. The van der Waals surface area contributed by atoms with Crippen LogP contribution in [0.2, 0.25) is 0 Å². The van der Waals surface area contributed by atoms with E-state index in [1.807, 2.05) is 0 Å². The van der Waals surface area contributed by atoms with Crippen molar-refractivity contribution in [3.05, 3.63) is 54.1 Å². The summed E-state index contributed by atoms with van der Waals surface area (Å²) >= 11 is 0. The first-order valence-corrected chi connectivity index (χ1v) is 15.5. The number of unbranched alkanes of at least 4 members (excludes halogenated alkanes) is 16. The van der Waals surface area contributed by atoms with Crippen LogP contribution in [0.4, 0.5) is 0 Å². The molecule has 1 aromatic carbocycles. The molecule has 1 N–H and O–H groups in total. The van der Waals surface area contributed by atoms with Crippen LogP contribution < -0.4 is 4.57 Å². The Bertz CT molecular complexity index is 705. The van der Waals surface area contributed by atoms with Crippen LogP contribution in [0, 0.1) is 0 Å². The Morgan fingerprint density at radius 1 is 0.600 bits per heavy atom. The Morgan fingerprint density at radius 2 is 1.09 bits per heavy atom. The molecule has 0 aliphatic heterocycles. The van der Waals surface area contributed by atoms with Crippen molar-refractivity contribution in [2.24, 2.45) is 0 Å². The van der Waals surface area contributed by atoms with E-state index in [-0.39, 0.29) is 0 Å². The maximum absolute atomic E-state index is 3.60. The van der Waals surface area contributed by atoms with Crippen molar-refractivity contribution in [3.8, 4) is 0 Å². The van der Waals surface area contributed by atoms with Crippen molar-refractivity contribution in [1.29, 1.82) is 0 Å². The first-order valence-electron chi connectivity index (χ1n) is 15.5. The molecule has 0 bridgehead atoms. The fourth-order valence-electron chi connectivity index (χ4n) is 5.45. The third-order valence-electron chi connectivity index (χ3n) is 7.69. The molecule has 0 amide bonds. The van der Waals surface area contributed by atoms with Crippen molar-refractivity contribution in [2.75, 3.05) is 0 Å². The molecular weight excluding hydrogens is 424 g/mol. The molecule has 0 aliphatic rings. The van der Waals surface area contributed by atoms with Crippen LogP contribution in [0.3, 0.4) is 0 Å². The molecule has 0 saturated heterocycles. The second kappa shape index (κ2) is 20.6. The lowest BCUT2D eigenvalue weighted by Gasteiger charge is -2.14. The molecule has 2 rings (SSSR count). The van der Waals surface area contributed by atoms with Gasteiger partial charge in [-0.2, -0.15) is 0 Å². The summed E-state index contributed by atoms with van der Waals surface area (Å²) in [6, 6.07) is 10.9. The lowest BCUT2D eigenvalue weighted by Crippen LogP contribution is -2.38. The van der Waals surface area contributed by atoms with Gasteiger partial charge >= 0.3 is 0 Å².